The molecular weight excluding hydrogens is 246 g/mol. The highest BCUT2D eigenvalue weighted by Gasteiger charge is 2.22. The van der Waals surface area contributed by atoms with E-state index >= 15 is 0 Å². The molecule has 1 fully saturated rings. The largest absolute Gasteiger partial charge is 0.427 e. The van der Waals surface area contributed by atoms with Crippen LogP contribution in [-0.4, -0.2) is 18.1 Å². The number of anilines is 1. The highest BCUT2D eigenvalue weighted by atomic mass is 19.3. The molecule has 0 heterocycles. The van der Waals surface area contributed by atoms with Crippen LogP contribution in [0.25, 0.3) is 0 Å². The Labute approximate surface area is 102 Å². The summed E-state index contributed by atoms with van der Waals surface area (Å²) in [4.78, 5) is 9.90. The number of nitro benzene ring substituents is 1. The lowest BCUT2D eigenvalue weighted by Gasteiger charge is -2.09. The minimum Gasteiger partial charge on any atom is -0.427 e. The first-order chi connectivity index (χ1) is 8.56. The van der Waals surface area contributed by atoms with E-state index in [9.17, 15) is 18.9 Å². The Kier molecular flexibility index (Phi) is 3.59. The molecule has 0 amide bonds. The molecule has 1 N–H and O–H groups in total. The number of nitrogens with zero attached hydrogens (tertiary/aromatic N) is 1. The first-order valence-electron chi connectivity index (χ1n) is 5.53. The van der Waals surface area contributed by atoms with E-state index in [-0.39, 0.29) is 0 Å². The maximum atomic E-state index is 12.2. The zero-order valence-electron chi connectivity index (χ0n) is 9.44. The molecule has 0 aromatic heterocycles. The van der Waals surface area contributed by atoms with Gasteiger partial charge in [0.1, 0.15) is 0 Å². The zero-order chi connectivity index (χ0) is 13.1. The molecule has 7 heteroatoms. The number of ether oxygens (including phenoxy) is 1. The summed E-state index contributed by atoms with van der Waals surface area (Å²) in [5.74, 6) is 0.190. The summed E-state index contributed by atoms with van der Waals surface area (Å²) in [7, 11) is 0. The van der Waals surface area contributed by atoms with Crippen molar-refractivity contribution in [1.82, 2.24) is 0 Å². The highest BCUT2D eigenvalue weighted by Crippen LogP contribution is 2.33. The monoisotopic (exact) mass is 258 g/mol. The maximum absolute atomic E-state index is 12.2. The quantitative estimate of drug-likeness (QED) is 0.629. The SMILES string of the molecule is O=[N+]([O-])c1ccc(NCC2CC2)cc1OC(F)F. The van der Waals surface area contributed by atoms with E-state index in [1.165, 1.54) is 12.1 Å². The minimum absolute atomic E-state index is 0.421. The molecule has 0 aliphatic heterocycles. The van der Waals surface area contributed by atoms with E-state index < -0.39 is 23.0 Å². The van der Waals surface area contributed by atoms with Crippen molar-refractivity contribution >= 4 is 11.4 Å². The summed E-state index contributed by atoms with van der Waals surface area (Å²) in [5, 5.41) is 13.7. The summed E-state index contributed by atoms with van der Waals surface area (Å²) < 4.78 is 28.5. The first-order valence-corrected chi connectivity index (χ1v) is 5.53. The van der Waals surface area contributed by atoms with Gasteiger partial charge >= 0.3 is 12.3 Å². The number of nitro groups is 1. The smallest absolute Gasteiger partial charge is 0.387 e. The Balaban J connectivity index is 2.14. The molecule has 1 aliphatic rings. The van der Waals surface area contributed by atoms with Crippen molar-refractivity contribution in [2.24, 2.45) is 5.92 Å². The third-order valence-electron chi connectivity index (χ3n) is 2.66. The van der Waals surface area contributed by atoms with Crippen LogP contribution in [0.15, 0.2) is 18.2 Å². The fourth-order valence-electron chi connectivity index (χ4n) is 1.55. The van der Waals surface area contributed by atoms with Gasteiger partial charge in [0.25, 0.3) is 0 Å². The van der Waals surface area contributed by atoms with Crippen molar-refractivity contribution in [3.8, 4) is 5.75 Å². The van der Waals surface area contributed by atoms with Gasteiger partial charge in [0, 0.05) is 24.4 Å². The number of rotatable bonds is 6. The average Bonchev–Trinajstić information content (AvgIpc) is 3.09. The Morgan fingerprint density at radius 2 is 2.22 bits per heavy atom. The van der Waals surface area contributed by atoms with Gasteiger partial charge in [-0.15, -0.1) is 0 Å². The fraction of sp³-hybridized carbons (Fsp3) is 0.455. The summed E-state index contributed by atoms with van der Waals surface area (Å²) in [6.07, 6.45) is 2.31. The van der Waals surface area contributed by atoms with Crippen molar-refractivity contribution in [3.05, 3.63) is 28.3 Å². The van der Waals surface area contributed by atoms with Crippen LogP contribution in [0, 0.1) is 16.0 Å². The Hall–Kier alpha value is -1.92. The molecular formula is C11H12F2N2O3. The molecule has 1 aromatic carbocycles. The van der Waals surface area contributed by atoms with Gasteiger partial charge < -0.3 is 10.1 Å². The molecule has 0 radical (unpaired) electrons. The van der Waals surface area contributed by atoms with E-state index in [1.54, 1.807) is 0 Å². The van der Waals surface area contributed by atoms with Gasteiger partial charge in [0.15, 0.2) is 0 Å². The van der Waals surface area contributed by atoms with Crippen LogP contribution < -0.4 is 10.1 Å². The molecule has 0 spiro atoms. The molecule has 98 valence electrons. The van der Waals surface area contributed by atoms with Gasteiger partial charge in [-0.2, -0.15) is 8.78 Å². The van der Waals surface area contributed by atoms with E-state index in [0.29, 0.717) is 11.6 Å². The average molecular weight is 258 g/mol. The number of benzene rings is 1. The second-order valence-corrected chi connectivity index (χ2v) is 4.14. The second kappa shape index (κ2) is 5.16. The number of halogens is 2. The molecule has 0 atom stereocenters. The maximum Gasteiger partial charge on any atom is 0.387 e. The van der Waals surface area contributed by atoms with Crippen LogP contribution in [0.5, 0.6) is 5.75 Å². The van der Waals surface area contributed by atoms with E-state index in [4.69, 9.17) is 0 Å². The lowest BCUT2D eigenvalue weighted by molar-refractivity contribution is -0.386. The number of hydrogen-bond acceptors (Lipinski definition) is 4. The molecule has 0 unspecified atom stereocenters. The van der Waals surface area contributed by atoms with Crippen LogP contribution in [0.4, 0.5) is 20.2 Å². The normalized spacial score (nSPS) is 14.6. The van der Waals surface area contributed by atoms with Crippen molar-refractivity contribution in [2.45, 2.75) is 19.5 Å². The summed E-state index contributed by atoms with van der Waals surface area (Å²) >= 11 is 0. The molecule has 18 heavy (non-hydrogen) atoms. The van der Waals surface area contributed by atoms with Crippen LogP contribution in [-0.2, 0) is 0 Å². The van der Waals surface area contributed by atoms with Crippen molar-refractivity contribution < 1.29 is 18.4 Å². The molecule has 1 aromatic rings. The van der Waals surface area contributed by atoms with Crippen molar-refractivity contribution in [3.63, 3.8) is 0 Å². The van der Waals surface area contributed by atoms with Gasteiger partial charge in [-0.3, -0.25) is 10.1 Å². The highest BCUT2D eigenvalue weighted by molar-refractivity contribution is 5.58. The summed E-state index contributed by atoms with van der Waals surface area (Å²) in [5.41, 5.74) is 0.0791. The number of hydrogen-bond donors (Lipinski definition) is 1. The Bertz CT molecular complexity index is 450. The third kappa shape index (κ3) is 3.28. The van der Waals surface area contributed by atoms with Crippen molar-refractivity contribution in [2.75, 3.05) is 11.9 Å². The van der Waals surface area contributed by atoms with Crippen LogP contribution in [0.2, 0.25) is 0 Å². The Morgan fingerprint density at radius 1 is 1.50 bits per heavy atom. The molecule has 1 saturated carbocycles. The lowest BCUT2D eigenvalue weighted by Crippen LogP contribution is -2.07. The van der Waals surface area contributed by atoms with Gasteiger partial charge in [0.05, 0.1) is 4.92 Å². The van der Waals surface area contributed by atoms with Crippen molar-refractivity contribution in [1.29, 1.82) is 0 Å². The van der Waals surface area contributed by atoms with Gasteiger partial charge in [-0.25, -0.2) is 0 Å². The Morgan fingerprint density at radius 3 is 2.78 bits per heavy atom. The summed E-state index contributed by atoms with van der Waals surface area (Å²) in [6, 6.07) is 3.87. The van der Waals surface area contributed by atoms with Gasteiger partial charge in [-0.05, 0) is 24.8 Å². The molecule has 5 nitrogen and oxygen atoms in total. The second-order valence-electron chi connectivity index (χ2n) is 4.14. The predicted molar refractivity (Wildman–Crippen MR) is 60.9 cm³/mol. The van der Waals surface area contributed by atoms with Gasteiger partial charge in [0.2, 0.25) is 5.75 Å². The fourth-order valence-corrected chi connectivity index (χ4v) is 1.55. The zero-order valence-corrected chi connectivity index (χ0v) is 9.44. The predicted octanol–water partition coefficient (Wildman–Crippen LogP) is 3.02. The summed E-state index contributed by atoms with van der Waals surface area (Å²) in [6.45, 7) is -2.34. The lowest BCUT2D eigenvalue weighted by atomic mass is 10.2. The van der Waals surface area contributed by atoms with Crippen LogP contribution in [0.3, 0.4) is 0 Å². The van der Waals surface area contributed by atoms with Crippen LogP contribution >= 0.6 is 0 Å². The van der Waals surface area contributed by atoms with E-state index in [0.717, 1.165) is 25.5 Å². The first kappa shape index (κ1) is 12.5. The number of alkyl halides is 2. The molecule has 0 bridgehead atoms. The molecule has 2 rings (SSSR count). The standard InChI is InChI=1S/C11H12F2N2O3/c12-11(13)18-10-5-8(14-6-7-1-2-7)3-4-9(10)15(16)17/h3-5,7,11,14H,1-2,6H2. The van der Waals surface area contributed by atoms with Gasteiger partial charge in [-0.1, -0.05) is 0 Å². The number of nitrogens with one attached hydrogen (secondary N) is 1. The van der Waals surface area contributed by atoms with E-state index in [2.05, 4.69) is 10.1 Å². The molecule has 1 aliphatic carbocycles. The van der Waals surface area contributed by atoms with Crippen LogP contribution in [0.1, 0.15) is 12.8 Å². The third-order valence-corrected chi connectivity index (χ3v) is 2.66. The van der Waals surface area contributed by atoms with E-state index in [1.807, 2.05) is 0 Å². The minimum atomic E-state index is -3.08. The molecule has 0 saturated heterocycles. The topological polar surface area (TPSA) is 64.4 Å².